The summed E-state index contributed by atoms with van der Waals surface area (Å²) < 4.78 is 24.3. The zero-order chi connectivity index (χ0) is 29.2. The molecular formula is C28H35N5O7. The molecule has 12 nitrogen and oxygen atoms in total. The first-order valence-corrected chi connectivity index (χ1v) is 13.0. The number of esters is 1. The van der Waals surface area contributed by atoms with Crippen LogP contribution in [0.15, 0.2) is 30.6 Å². The van der Waals surface area contributed by atoms with Gasteiger partial charge in [0.2, 0.25) is 5.62 Å². The van der Waals surface area contributed by atoms with Crippen molar-refractivity contribution in [2.24, 2.45) is 5.73 Å². The number of nitrogens with one attached hydrogen (secondary N) is 1. The number of ketones is 1. The summed E-state index contributed by atoms with van der Waals surface area (Å²) >= 11 is 0. The first-order chi connectivity index (χ1) is 18.9. The number of hydrogen-bond acceptors (Lipinski definition) is 9. The lowest BCUT2D eigenvalue weighted by atomic mass is 9.84. The highest BCUT2D eigenvalue weighted by Gasteiger charge is 2.27. The number of carbonyl (C=O) groups is 3. The van der Waals surface area contributed by atoms with Crippen molar-refractivity contribution in [3.8, 4) is 11.5 Å². The molecule has 0 aliphatic carbocycles. The van der Waals surface area contributed by atoms with Crippen molar-refractivity contribution >= 4 is 29.0 Å². The Kier molecular flexibility index (Phi) is 8.19. The van der Waals surface area contributed by atoms with Gasteiger partial charge in [0.05, 0.1) is 44.7 Å². The second kappa shape index (κ2) is 11.4. The van der Waals surface area contributed by atoms with Gasteiger partial charge in [-0.15, -0.1) is 0 Å². The van der Waals surface area contributed by atoms with E-state index in [0.29, 0.717) is 37.4 Å². The number of rotatable bonds is 8. The number of carbonyl (C=O) groups excluding carboxylic acids is 3. The molecule has 1 amide bonds. The summed E-state index contributed by atoms with van der Waals surface area (Å²) in [5.74, 6) is -0.307. The predicted octanol–water partition coefficient (Wildman–Crippen LogP) is 2.88. The van der Waals surface area contributed by atoms with Gasteiger partial charge in [-0.3, -0.25) is 14.6 Å². The Morgan fingerprint density at radius 2 is 1.80 bits per heavy atom. The quantitative estimate of drug-likeness (QED) is 0.246. The van der Waals surface area contributed by atoms with Gasteiger partial charge in [-0.25, -0.2) is 9.59 Å². The predicted molar refractivity (Wildman–Crippen MR) is 146 cm³/mol. The van der Waals surface area contributed by atoms with Crippen LogP contribution in [0.5, 0.6) is 11.5 Å². The number of imidazole rings is 1. The second-order valence-electron chi connectivity index (χ2n) is 10.4. The van der Waals surface area contributed by atoms with E-state index < -0.39 is 12.1 Å². The van der Waals surface area contributed by atoms with Crippen molar-refractivity contribution in [1.29, 1.82) is 5.41 Å². The summed E-state index contributed by atoms with van der Waals surface area (Å²) in [6.07, 6.45) is 1.71. The number of fused-ring (bicyclic) bond motifs is 1. The molecule has 214 valence electrons. The van der Waals surface area contributed by atoms with Crippen LogP contribution in [0, 0.1) is 5.41 Å². The van der Waals surface area contributed by atoms with E-state index in [-0.39, 0.29) is 41.3 Å². The molecule has 0 atom stereocenters. The summed E-state index contributed by atoms with van der Waals surface area (Å²) in [4.78, 5) is 39.4. The topological polar surface area (TPSA) is 151 Å². The number of anilines is 1. The largest absolute Gasteiger partial charge is 0.494 e. The van der Waals surface area contributed by atoms with E-state index in [1.54, 1.807) is 26.3 Å². The second-order valence-corrected chi connectivity index (χ2v) is 10.4. The molecule has 1 saturated heterocycles. The van der Waals surface area contributed by atoms with Crippen LogP contribution in [0.3, 0.4) is 0 Å². The maximum atomic E-state index is 13.7. The summed E-state index contributed by atoms with van der Waals surface area (Å²) in [7, 11) is 1.63. The minimum absolute atomic E-state index is 0.0579. The minimum atomic E-state index is -1.25. The van der Waals surface area contributed by atoms with Gasteiger partial charge in [-0.2, -0.15) is 0 Å². The van der Waals surface area contributed by atoms with Crippen molar-refractivity contribution in [2.75, 3.05) is 44.9 Å². The highest BCUT2D eigenvalue weighted by molar-refractivity contribution is 5.99. The third-order valence-electron chi connectivity index (χ3n) is 6.65. The van der Waals surface area contributed by atoms with Gasteiger partial charge in [-0.1, -0.05) is 20.8 Å². The molecule has 3 heterocycles. The van der Waals surface area contributed by atoms with Crippen molar-refractivity contribution in [3.05, 3.63) is 52.9 Å². The summed E-state index contributed by atoms with van der Waals surface area (Å²) in [6.45, 7) is 10.6. The van der Waals surface area contributed by atoms with Gasteiger partial charge in [0, 0.05) is 42.7 Å². The monoisotopic (exact) mass is 553 g/mol. The first-order valence-electron chi connectivity index (χ1n) is 13.0. The number of amides is 1. The van der Waals surface area contributed by atoms with E-state index in [4.69, 9.17) is 25.4 Å². The fourth-order valence-corrected chi connectivity index (χ4v) is 4.72. The fourth-order valence-electron chi connectivity index (χ4n) is 4.72. The van der Waals surface area contributed by atoms with E-state index in [1.165, 1.54) is 15.2 Å². The molecule has 1 aromatic carbocycles. The Balaban J connectivity index is 1.75. The molecular weight excluding hydrogens is 518 g/mol. The molecule has 1 aliphatic heterocycles. The van der Waals surface area contributed by atoms with Crippen LogP contribution in [0.25, 0.3) is 5.52 Å². The Morgan fingerprint density at radius 3 is 2.40 bits per heavy atom. The zero-order valence-electron chi connectivity index (χ0n) is 23.4. The lowest BCUT2D eigenvalue weighted by Crippen LogP contribution is -2.37. The summed E-state index contributed by atoms with van der Waals surface area (Å²) in [5.41, 5.74) is 7.31. The van der Waals surface area contributed by atoms with Crippen molar-refractivity contribution in [3.63, 3.8) is 0 Å². The first kappa shape index (κ1) is 28.7. The maximum absolute atomic E-state index is 13.7. The number of morpholine rings is 1. The smallest absolute Gasteiger partial charge is 0.412 e. The summed E-state index contributed by atoms with van der Waals surface area (Å²) in [5, 5.41) is 8.68. The van der Waals surface area contributed by atoms with Crippen LogP contribution < -0.4 is 25.7 Å². The molecule has 12 heteroatoms. The van der Waals surface area contributed by atoms with Gasteiger partial charge in [0.1, 0.15) is 17.1 Å². The van der Waals surface area contributed by atoms with Gasteiger partial charge in [0.25, 0.3) is 0 Å². The van der Waals surface area contributed by atoms with Crippen molar-refractivity contribution in [2.45, 2.75) is 39.7 Å². The Morgan fingerprint density at radius 1 is 1.10 bits per heavy atom. The van der Waals surface area contributed by atoms with Gasteiger partial charge in [-0.05, 0) is 24.5 Å². The van der Waals surface area contributed by atoms with Crippen LogP contribution in [-0.4, -0.2) is 66.8 Å². The van der Waals surface area contributed by atoms with E-state index in [0.717, 1.165) is 17.0 Å². The number of methoxy groups -OCH3 is 1. The van der Waals surface area contributed by atoms with E-state index >= 15 is 0 Å². The SMILES string of the molecule is CCOc1cc2cn(CC(=O)c3cc(N4CCOCC4)c(OC)c(C(C)(C)C)c3)c(=N)n2cc1C(=O)OC(N)=O. The molecule has 40 heavy (non-hydrogen) atoms. The molecule has 4 rings (SSSR count). The number of hydrogen-bond donors (Lipinski definition) is 2. The van der Waals surface area contributed by atoms with E-state index in [9.17, 15) is 14.4 Å². The molecule has 3 N–H and O–H groups in total. The van der Waals surface area contributed by atoms with Crippen molar-refractivity contribution in [1.82, 2.24) is 8.97 Å². The number of nitrogens with two attached hydrogens (primary N) is 1. The zero-order valence-corrected chi connectivity index (χ0v) is 23.4. The number of ether oxygens (including phenoxy) is 4. The highest BCUT2D eigenvalue weighted by atomic mass is 16.6. The molecule has 0 spiro atoms. The highest BCUT2D eigenvalue weighted by Crippen LogP contribution is 2.40. The molecule has 0 bridgehead atoms. The minimum Gasteiger partial charge on any atom is -0.494 e. The standard InChI is InChI=1S/C28H35N5O7/c1-6-39-23-13-18-14-32(26(29)33(18)15-19(23)25(35)40-27(30)36)16-22(34)17-11-20(28(2,3)4)24(37-5)21(12-17)31-7-9-38-10-8-31/h11-15,29H,6-10,16H2,1-5H3,(H2,30,36). The summed E-state index contributed by atoms with van der Waals surface area (Å²) in [6, 6.07) is 5.24. The molecule has 3 aromatic rings. The molecule has 1 fully saturated rings. The normalized spacial score (nSPS) is 13.8. The van der Waals surface area contributed by atoms with Gasteiger partial charge in [0.15, 0.2) is 5.78 Å². The van der Waals surface area contributed by atoms with Gasteiger partial charge >= 0.3 is 12.1 Å². The third kappa shape index (κ3) is 5.81. The Labute approximate surface area is 231 Å². The number of primary amides is 1. The number of Topliss-reactive ketones (excluding diaryl/α,β-unsaturated/α-hetero) is 1. The lowest BCUT2D eigenvalue weighted by Gasteiger charge is -2.33. The van der Waals surface area contributed by atoms with E-state index in [2.05, 4.69) is 30.4 Å². The third-order valence-corrected chi connectivity index (χ3v) is 6.65. The number of nitrogens with zero attached hydrogens (tertiary/aromatic N) is 3. The number of aromatic nitrogens is 2. The average Bonchev–Trinajstić information content (AvgIpc) is 3.20. The van der Waals surface area contributed by atoms with Crippen LogP contribution in [0.2, 0.25) is 0 Å². The average molecular weight is 554 g/mol. The number of benzene rings is 1. The fraction of sp³-hybridized carbons (Fsp3) is 0.429. The van der Waals surface area contributed by atoms with Gasteiger partial charge < -0.3 is 34.1 Å². The molecule has 2 aromatic heterocycles. The number of pyridine rings is 1. The Bertz CT molecular complexity index is 1510. The Hall–Kier alpha value is -4.32. The molecule has 0 saturated carbocycles. The molecule has 0 unspecified atom stereocenters. The lowest BCUT2D eigenvalue weighted by molar-refractivity contribution is 0.0633. The maximum Gasteiger partial charge on any atom is 0.412 e. The van der Waals surface area contributed by atoms with E-state index in [1.807, 2.05) is 12.1 Å². The van der Waals surface area contributed by atoms with Crippen molar-refractivity contribution < 1.29 is 33.3 Å². The van der Waals surface area contributed by atoms with Crippen LogP contribution in [-0.2, 0) is 21.4 Å². The van der Waals surface area contributed by atoms with Crippen LogP contribution in [0.4, 0.5) is 10.5 Å². The van der Waals surface area contributed by atoms with Crippen LogP contribution >= 0.6 is 0 Å². The van der Waals surface area contributed by atoms with Crippen LogP contribution in [0.1, 0.15) is 54.0 Å². The molecule has 1 aliphatic rings. The molecule has 0 radical (unpaired) electrons.